The minimum atomic E-state index is -5.08. The number of carbonyl (C=O) groups excluding carboxylic acids is 2. The zero-order chi connectivity index (χ0) is 23.0. The molecule has 2 heterocycles. The SMILES string of the molecule is O=C(O)C(F)(F)F.O=C1CCCC(=O)N1CC#Cc1ccc(-c2ccccc2F)nc1. The maximum atomic E-state index is 13.7. The number of amides is 2. The van der Waals surface area contributed by atoms with Gasteiger partial charge >= 0.3 is 12.1 Å². The molecule has 2 amide bonds. The fourth-order valence-corrected chi connectivity index (χ4v) is 2.49. The van der Waals surface area contributed by atoms with Crippen molar-refractivity contribution in [2.45, 2.75) is 25.4 Å². The van der Waals surface area contributed by atoms with Gasteiger partial charge < -0.3 is 5.11 Å². The fraction of sp³-hybridized carbons (Fsp3) is 0.238. The number of carboxylic acids is 1. The molecule has 0 unspecified atom stereocenters. The molecule has 6 nitrogen and oxygen atoms in total. The third-order valence-electron chi connectivity index (χ3n) is 4.01. The molecule has 0 aliphatic carbocycles. The van der Waals surface area contributed by atoms with Crippen molar-refractivity contribution >= 4 is 17.8 Å². The van der Waals surface area contributed by atoms with Crippen molar-refractivity contribution < 1.29 is 37.1 Å². The summed E-state index contributed by atoms with van der Waals surface area (Å²) < 4.78 is 45.5. The number of carbonyl (C=O) groups is 3. The van der Waals surface area contributed by atoms with Gasteiger partial charge in [-0.3, -0.25) is 19.5 Å². The molecule has 1 fully saturated rings. The normalized spacial score (nSPS) is 13.6. The number of carboxylic acid groups (broad SMARTS) is 1. The molecule has 162 valence electrons. The van der Waals surface area contributed by atoms with E-state index >= 15 is 0 Å². The topological polar surface area (TPSA) is 87.6 Å². The Morgan fingerprint density at radius 2 is 1.71 bits per heavy atom. The zero-order valence-corrected chi connectivity index (χ0v) is 15.9. The number of rotatable bonds is 2. The Balaban J connectivity index is 0.000000423. The van der Waals surface area contributed by atoms with E-state index in [1.165, 1.54) is 11.0 Å². The van der Waals surface area contributed by atoms with Crippen LogP contribution in [0.25, 0.3) is 11.3 Å². The molecule has 31 heavy (non-hydrogen) atoms. The van der Waals surface area contributed by atoms with Crippen LogP contribution in [0, 0.1) is 17.7 Å². The van der Waals surface area contributed by atoms with Crippen molar-refractivity contribution in [1.29, 1.82) is 0 Å². The van der Waals surface area contributed by atoms with E-state index in [1.54, 1.807) is 36.5 Å². The molecular weight excluding hydrogens is 420 g/mol. The first-order valence-corrected chi connectivity index (χ1v) is 8.92. The highest BCUT2D eigenvalue weighted by molar-refractivity contribution is 5.97. The number of piperidine rings is 1. The molecule has 1 aliphatic heterocycles. The van der Waals surface area contributed by atoms with Gasteiger partial charge in [0.25, 0.3) is 0 Å². The van der Waals surface area contributed by atoms with Gasteiger partial charge in [0.15, 0.2) is 0 Å². The Hall–Kier alpha value is -3.74. The van der Waals surface area contributed by atoms with Crippen molar-refractivity contribution in [1.82, 2.24) is 9.88 Å². The van der Waals surface area contributed by atoms with Crippen molar-refractivity contribution in [2.75, 3.05) is 6.54 Å². The summed E-state index contributed by atoms with van der Waals surface area (Å²) in [6.45, 7) is 0.0900. The second-order valence-corrected chi connectivity index (χ2v) is 6.24. The van der Waals surface area contributed by atoms with Crippen LogP contribution in [0.2, 0.25) is 0 Å². The highest BCUT2D eigenvalue weighted by Crippen LogP contribution is 2.20. The van der Waals surface area contributed by atoms with Gasteiger partial charge in [0, 0.05) is 30.2 Å². The Bertz CT molecular complexity index is 1010. The number of aliphatic carboxylic acids is 1. The molecule has 0 saturated carbocycles. The Morgan fingerprint density at radius 3 is 2.23 bits per heavy atom. The van der Waals surface area contributed by atoms with Crippen LogP contribution in [-0.4, -0.2) is 45.5 Å². The first kappa shape index (κ1) is 23.5. The number of likely N-dealkylation sites (tertiary alicyclic amines) is 1. The quantitative estimate of drug-likeness (QED) is 0.443. The number of halogens is 4. The van der Waals surface area contributed by atoms with Gasteiger partial charge in [-0.1, -0.05) is 24.0 Å². The van der Waals surface area contributed by atoms with Crippen LogP contribution in [0.1, 0.15) is 24.8 Å². The first-order valence-electron chi connectivity index (χ1n) is 8.92. The molecule has 1 saturated heterocycles. The lowest BCUT2D eigenvalue weighted by Crippen LogP contribution is -2.40. The highest BCUT2D eigenvalue weighted by atomic mass is 19.4. The van der Waals surface area contributed by atoms with Crippen molar-refractivity contribution in [3.8, 4) is 23.1 Å². The summed E-state index contributed by atoms with van der Waals surface area (Å²) in [5.41, 5.74) is 1.61. The maximum Gasteiger partial charge on any atom is 0.490 e. The molecule has 0 bridgehead atoms. The Morgan fingerprint density at radius 1 is 1.10 bits per heavy atom. The number of imide groups is 1. The molecule has 10 heteroatoms. The average molecular weight is 436 g/mol. The van der Waals surface area contributed by atoms with Gasteiger partial charge in [-0.05, 0) is 30.7 Å². The maximum absolute atomic E-state index is 13.7. The van der Waals surface area contributed by atoms with Crippen molar-refractivity contribution in [3.05, 3.63) is 54.0 Å². The lowest BCUT2D eigenvalue weighted by atomic mass is 10.1. The van der Waals surface area contributed by atoms with E-state index in [1.807, 2.05) is 0 Å². The molecule has 1 aromatic carbocycles. The molecule has 3 rings (SSSR count). The van der Waals surface area contributed by atoms with Gasteiger partial charge in [0.05, 0.1) is 12.2 Å². The Kier molecular flexibility index (Phi) is 7.85. The summed E-state index contributed by atoms with van der Waals surface area (Å²) in [6.07, 6.45) is -2.13. The number of hydrogen-bond acceptors (Lipinski definition) is 4. The number of nitrogens with zero attached hydrogens (tertiary/aromatic N) is 2. The van der Waals surface area contributed by atoms with Crippen molar-refractivity contribution in [3.63, 3.8) is 0 Å². The van der Waals surface area contributed by atoms with Crippen LogP contribution in [0.3, 0.4) is 0 Å². The monoisotopic (exact) mass is 436 g/mol. The lowest BCUT2D eigenvalue weighted by Gasteiger charge is -2.22. The van der Waals surface area contributed by atoms with Crippen LogP contribution in [-0.2, 0) is 14.4 Å². The minimum absolute atomic E-state index is 0.0900. The molecule has 2 aromatic rings. The smallest absolute Gasteiger partial charge is 0.475 e. The number of alkyl halides is 3. The molecule has 0 atom stereocenters. The van der Waals surface area contributed by atoms with Gasteiger partial charge in [0.1, 0.15) is 5.82 Å². The van der Waals surface area contributed by atoms with E-state index < -0.39 is 12.1 Å². The van der Waals surface area contributed by atoms with E-state index in [4.69, 9.17) is 9.90 Å². The molecular formula is C21H16F4N2O4. The molecule has 0 radical (unpaired) electrons. The van der Waals surface area contributed by atoms with Crippen LogP contribution >= 0.6 is 0 Å². The summed E-state index contributed by atoms with van der Waals surface area (Å²) in [5.74, 6) is 2.27. The van der Waals surface area contributed by atoms with Crippen LogP contribution in [0.4, 0.5) is 17.6 Å². The van der Waals surface area contributed by atoms with Crippen LogP contribution in [0.5, 0.6) is 0 Å². The van der Waals surface area contributed by atoms with Gasteiger partial charge in [-0.2, -0.15) is 13.2 Å². The molecule has 1 aromatic heterocycles. The van der Waals surface area contributed by atoms with E-state index in [9.17, 15) is 27.2 Å². The number of pyridine rings is 1. The number of hydrogen-bond donors (Lipinski definition) is 1. The molecule has 1 N–H and O–H groups in total. The summed E-state index contributed by atoms with van der Waals surface area (Å²) in [6, 6.07) is 9.86. The van der Waals surface area contributed by atoms with Gasteiger partial charge in [0.2, 0.25) is 11.8 Å². The van der Waals surface area contributed by atoms with E-state index in [0.717, 1.165) is 0 Å². The summed E-state index contributed by atoms with van der Waals surface area (Å²) in [5, 5.41) is 7.12. The predicted octanol–water partition coefficient (Wildman–Crippen LogP) is 3.41. The van der Waals surface area contributed by atoms with Crippen LogP contribution in [0.15, 0.2) is 42.6 Å². The summed E-state index contributed by atoms with van der Waals surface area (Å²) >= 11 is 0. The van der Waals surface area contributed by atoms with Gasteiger partial charge in [-0.15, -0.1) is 0 Å². The summed E-state index contributed by atoms with van der Waals surface area (Å²) in [7, 11) is 0. The van der Waals surface area contributed by atoms with Crippen LogP contribution < -0.4 is 0 Å². The largest absolute Gasteiger partial charge is 0.490 e. The van der Waals surface area contributed by atoms with E-state index in [2.05, 4.69) is 16.8 Å². The molecule has 1 aliphatic rings. The summed E-state index contributed by atoms with van der Waals surface area (Å²) in [4.78, 5) is 37.6. The highest BCUT2D eigenvalue weighted by Gasteiger charge is 2.38. The second-order valence-electron chi connectivity index (χ2n) is 6.24. The second kappa shape index (κ2) is 10.3. The lowest BCUT2D eigenvalue weighted by molar-refractivity contribution is -0.192. The number of aromatic nitrogens is 1. The fourth-order valence-electron chi connectivity index (χ4n) is 2.49. The minimum Gasteiger partial charge on any atom is -0.475 e. The third-order valence-corrected chi connectivity index (χ3v) is 4.01. The van der Waals surface area contributed by atoms with Crippen molar-refractivity contribution in [2.24, 2.45) is 0 Å². The number of benzene rings is 1. The van der Waals surface area contributed by atoms with E-state index in [-0.39, 0.29) is 24.2 Å². The standard InChI is InChI=1S/C19H15FN2O2.C2HF3O2/c20-16-7-2-1-6-15(16)17-11-10-14(13-21-17)5-4-12-22-18(23)8-3-9-19(22)24;3-2(4,5)1(6)7/h1-2,6-7,10-11,13H,3,8-9,12H2;(H,6,7). The third kappa shape index (κ3) is 6.92. The van der Waals surface area contributed by atoms with Gasteiger partial charge in [-0.25, -0.2) is 9.18 Å². The predicted molar refractivity (Wildman–Crippen MR) is 101 cm³/mol. The Labute approximate surface area is 174 Å². The first-order chi connectivity index (χ1) is 14.6. The zero-order valence-electron chi connectivity index (χ0n) is 15.9. The average Bonchev–Trinajstić information content (AvgIpc) is 2.71. The molecule has 0 spiro atoms. The van der Waals surface area contributed by atoms with E-state index in [0.29, 0.717) is 36.1 Å².